The van der Waals surface area contributed by atoms with Gasteiger partial charge in [-0.2, -0.15) is 0 Å². The van der Waals surface area contributed by atoms with Crippen molar-refractivity contribution in [2.75, 3.05) is 13.7 Å². The first kappa shape index (κ1) is 29.1. The van der Waals surface area contributed by atoms with Crippen LogP contribution >= 0.6 is 0 Å². The lowest BCUT2D eigenvalue weighted by molar-refractivity contribution is -0.384. The molecule has 1 aliphatic heterocycles. The van der Waals surface area contributed by atoms with Crippen LogP contribution in [0.15, 0.2) is 77.1 Å². The largest absolute Gasteiger partial charge is 0.466 e. The molecule has 0 aromatic heterocycles. The van der Waals surface area contributed by atoms with Gasteiger partial charge in [0.05, 0.1) is 23.5 Å². The Bertz CT molecular complexity index is 1320. The number of methoxy groups -OCH3 is 1. The number of non-ortho nitro benzene ring substituents is 1. The van der Waals surface area contributed by atoms with Crippen molar-refractivity contribution in [1.82, 2.24) is 16.0 Å². The van der Waals surface area contributed by atoms with Gasteiger partial charge in [-0.25, -0.2) is 4.79 Å². The van der Waals surface area contributed by atoms with Gasteiger partial charge in [-0.1, -0.05) is 56.3 Å². The number of carbonyl (C=O) groups excluding carboxylic acids is 3. The highest BCUT2D eigenvalue weighted by Gasteiger charge is 2.39. The van der Waals surface area contributed by atoms with Crippen molar-refractivity contribution in [3.8, 4) is 0 Å². The maximum atomic E-state index is 13.8. The number of rotatable bonds is 10. The molecule has 2 unspecified atom stereocenters. The summed E-state index contributed by atoms with van der Waals surface area (Å²) in [5.74, 6) is -2.76. The van der Waals surface area contributed by atoms with E-state index in [1.165, 1.54) is 25.3 Å². The number of ether oxygens (including phenoxy) is 1. The fourth-order valence-corrected chi connectivity index (χ4v) is 4.67. The molecule has 10 nitrogen and oxygen atoms in total. The average Bonchev–Trinajstić information content (AvgIpc) is 2.91. The van der Waals surface area contributed by atoms with Gasteiger partial charge in [0.2, 0.25) is 5.91 Å². The zero-order valence-electron chi connectivity index (χ0n) is 22.7. The maximum absolute atomic E-state index is 13.8. The van der Waals surface area contributed by atoms with E-state index in [0.29, 0.717) is 29.9 Å². The Balaban J connectivity index is 1.91. The number of hydrogen-bond donors (Lipinski definition) is 3. The second-order valence-corrected chi connectivity index (χ2v) is 9.70. The molecule has 1 aliphatic rings. The Morgan fingerprint density at radius 2 is 1.69 bits per heavy atom. The molecule has 3 N–H and O–H groups in total. The minimum Gasteiger partial charge on any atom is -0.466 e. The molecule has 0 radical (unpaired) electrons. The molecule has 2 atom stereocenters. The Kier molecular flexibility index (Phi) is 9.59. The molecular formula is C29H34N4O6. The van der Waals surface area contributed by atoms with E-state index in [-0.39, 0.29) is 28.7 Å². The number of allylic oxidation sites excluding steroid dienone is 2. The van der Waals surface area contributed by atoms with E-state index in [0.717, 1.165) is 5.56 Å². The average molecular weight is 535 g/mol. The van der Waals surface area contributed by atoms with Crippen LogP contribution in [0.2, 0.25) is 0 Å². The molecule has 2 aromatic carbocycles. The van der Waals surface area contributed by atoms with Crippen LogP contribution in [0.4, 0.5) is 5.69 Å². The summed E-state index contributed by atoms with van der Waals surface area (Å²) in [4.78, 5) is 50.7. The van der Waals surface area contributed by atoms with Crippen molar-refractivity contribution in [3.63, 3.8) is 0 Å². The van der Waals surface area contributed by atoms with Crippen molar-refractivity contribution >= 4 is 23.5 Å². The molecule has 39 heavy (non-hydrogen) atoms. The number of nitro benzene ring substituents is 1. The first-order valence-corrected chi connectivity index (χ1v) is 12.7. The summed E-state index contributed by atoms with van der Waals surface area (Å²) in [5.41, 5.74) is 2.53. The third-order valence-corrected chi connectivity index (χ3v) is 6.62. The third kappa shape index (κ3) is 6.90. The molecule has 206 valence electrons. The van der Waals surface area contributed by atoms with Crippen molar-refractivity contribution in [3.05, 3.63) is 98.4 Å². The monoisotopic (exact) mass is 534 g/mol. The van der Waals surface area contributed by atoms with E-state index in [2.05, 4.69) is 16.0 Å². The molecule has 0 saturated heterocycles. The Labute approximate surface area is 227 Å². The van der Waals surface area contributed by atoms with E-state index in [9.17, 15) is 24.5 Å². The van der Waals surface area contributed by atoms with E-state index in [1.807, 2.05) is 44.2 Å². The molecule has 0 spiro atoms. The second-order valence-electron chi connectivity index (χ2n) is 9.70. The molecule has 0 bridgehead atoms. The van der Waals surface area contributed by atoms with Gasteiger partial charge < -0.3 is 20.7 Å². The van der Waals surface area contributed by atoms with Crippen LogP contribution in [0.3, 0.4) is 0 Å². The molecular weight excluding hydrogens is 500 g/mol. The summed E-state index contributed by atoms with van der Waals surface area (Å²) in [6, 6.07) is 14.7. The SMILES string of the molecule is COC(=O)C1=C(C)NC(C)=C(C(=O)NC(C(=O)NCCc2ccccc2)C(C)C)C1c1cccc([N+](=O)[O-])c1. The van der Waals surface area contributed by atoms with Gasteiger partial charge in [-0.15, -0.1) is 0 Å². The van der Waals surface area contributed by atoms with Crippen molar-refractivity contribution < 1.29 is 24.0 Å². The zero-order chi connectivity index (χ0) is 28.7. The molecule has 0 fully saturated rings. The van der Waals surface area contributed by atoms with Crippen LogP contribution in [0.25, 0.3) is 0 Å². The summed E-state index contributed by atoms with van der Waals surface area (Å²) in [5, 5.41) is 20.3. The van der Waals surface area contributed by atoms with Crippen molar-refractivity contribution in [2.45, 2.75) is 46.1 Å². The van der Waals surface area contributed by atoms with Crippen molar-refractivity contribution in [2.24, 2.45) is 5.92 Å². The van der Waals surface area contributed by atoms with Crippen LogP contribution in [0.1, 0.15) is 44.7 Å². The number of amides is 2. The smallest absolute Gasteiger partial charge is 0.336 e. The Morgan fingerprint density at radius 1 is 1.03 bits per heavy atom. The van der Waals surface area contributed by atoms with Gasteiger partial charge in [0.1, 0.15) is 6.04 Å². The van der Waals surface area contributed by atoms with E-state index >= 15 is 0 Å². The lowest BCUT2D eigenvalue weighted by Crippen LogP contribution is -2.51. The molecule has 0 saturated carbocycles. The van der Waals surface area contributed by atoms with Crippen LogP contribution < -0.4 is 16.0 Å². The lowest BCUT2D eigenvalue weighted by Gasteiger charge is -2.32. The number of nitro groups is 1. The van der Waals surface area contributed by atoms with Gasteiger partial charge in [-0.3, -0.25) is 19.7 Å². The fraction of sp³-hybridized carbons (Fsp3) is 0.345. The minimum atomic E-state index is -0.951. The van der Waals surface area contributed by atoms with E-state index < -0.39 is 28.8 Å². The number of nitrogens with zero attached hydrogens (tertiary/aromatic N) is 1. The van der Waals surface area contributed by atoms with Gasteiger partial charge in [0.15, 0.2) is 0 Å². The first-order chi connectivity index (χ1) is 18.5. The number of carbonyl (C=O) groups is 3. The van der Waals surface area contributed by atoms with Crippen LogP contribution in [-0.2, 0) is 25.5 Å². The third-order valence-electron chi connectivity index (χ3n) is 6.62. The number of hydrogen-bond acceptors (Lipinski definition) is 7. The minimum absolute atomic E-state index is 0.155. The van der Waals surface area contributed by atoms with Gasteiger partial charge >= 0.3 is 5.97 Å². The quantitative estimate of drug-likeness (QED) is 0.241. The second kappa shape index (κ2) is 12.9. The lowest BCUT2D eigenvalue weighted by atomic mass is 9.79. The number of benzene rings is 2. The maximum Gasteiger partial charge on any atom is 0.336 e. The summed E-state index contributed by atoms with van der Waals surface area (Å²) in [6.07, 6.45) is 0.640. The van der Waals surface area contributed by atoms with Gasteiger partial charge in [-0.05, 0) is 37.3 Å². The highest BCUT2D eigenvalue weighted by molar-refractivity contribution is 6.03. The predicted molar refractivity (Wildman–Crippen MR) is 146 cm³/mol. The van der Waals surface area contributed by atoms with Gasteiger partial charge in [0.25, 0.3) is 11.6 Å². The zero-order valence-corrected chi connectivity index (χ0v) is 22.7. The number of dihydropyridines is 1. The normalized spacial score (nSPS) is 15.9. The summed E-state index contributed by atoms with van der Waals surface area (Å²) in [7, 11) is 1.23. The van der Waals surface area contributed by atoms with Crippen LogP contribution in [-0.4, -0.2) is 42.4 Å². The highest BCUT2D eigenvalue weighted by atomic mass is 16.6. The van der Waals surface area contributed by atoms with Crippen LogP contribution in [0, 0.1) is 16.0 Å². The molecule has 1 heterocycles. The topological polar surface area (TPSA) is 140 Å². The molecule has 10 heteroatoms. The number of nitrogens with one attached hydrogen (secondary N) is 3. The summed E-state index contributed by atoms with van der Waals surface area (Å²) in [6.45, 7) is 7.40. The van der Waals surface area contributed by atoms with Gasteiger partial charge in [0, 0.05) is 35.6 Å². The van der Waals surface area contributed by atoms with Crippen LogP contribution in [0.5, 0.6) is 0 Å². The fourth-order valence-electron chi connectivity index (χ4n) is 4.67. The van der Waals surface area contributed by atoms with Crippen molar-refractivity contribution in [1.29, 1.82) is 0 Å². The van der Waals surface area contributed by atoms with E-state index in [1.54, 1.807) is 19.9 Å². The highest BCUT2D eigenvalue weighted by Crippen LogP contribution is 2.39. The Hall–Kier alpha value is -4.47. The van der Waals surface area contributed by atoms with E-state index in [4.69, 9.17) is 4.74 Å². The molecule has 2 amide bonds. The first-order valence-electron chi connectivity index (χ1n) is 12.7. The summed E-state index contributed by atoms with van der Waals surface area (Å²) >= 11 is 0. The Morgan fingerprint density at radius 3 is 2.31 bits per heavy atom. The predicted octanol–water partition coefficient (Wildman–Crippen LogP) is 3.50. The standard InChI is InChI=1S/C29H34N4O6/c1-17(2)26(28(35)30-15-14-20-10-7-6-8-11-20)32-27(34)23-18(3)31-19(4)24(29(36)39-5)25(23)21-12-9-13-22(16-21)33(37)38/h6-13,16-17,25-26,31H,14-15H2,1-5H3,(H,30,35)(H,32,34). The molecule has 2 aromatic rings. The summed E-state index contributed by atoms with van der Waals surface area (Å²) < 4.78 is 5.00. The molecule has 3 rings (SSSR count). The number of esters is 1. The molecule has 0 aliphatic carbocycles.